The SMILES string of the molecule is Cc1cc(O)ccc1C(=O)N1CCC2(CCC(=O)N2)CC1. The van der Waals surface area contributed by atoms with E-state index < -0.39 is 0 Å². The van der Waals surface area contributed by atoms with Gasteiger partial charge in [-0.25, -0.2) is 0 Å². The molecule has 2 aliphatic heterocycles. The Morgan fingerprint density at radius 3 is 2.57 bits per heavy atom. The van der Waals surface area contributed by atoms with Crippen molar-refractivity contribution in [2.75, 3.05) is 13.1 Å². The molecule has 3 rings (SSSR count). The largest absolute Gasteiger partial charge is 0.508 e. The van der Waals surface area contributed by atoms with Crippen molar-refractivity contribution in [3.8, 4) is 5.75 Å². The summed E-state index contributed by atoms with van der Waals surface area (Å²) < 4.78 is 0. The van der Waals surface area contributed by atoms with Crippen LogP contribution >= 0.6 is 0 Å². The van der Waals surface area contributed by atoms with Gasteiger partial charge >= 0.3 is 0 Å². The summed E-state index contributed by atoms with van der Waals surface area (Å²) in [5, 5.41) is 12.5. The van der Waals surface area contributed by atoms with E-state index in [0.29, 0.717) is 25.1 Å². The molecule has 2 heterocycles. The lowest BCUT2D eigenvalue weighted by molar-refractivity contribution is -0.120. The number of carbonyl (C=O) groups is 2. The fourth-order valence-electron chi connectivity index (χ4n) is 3.34. The van der Waals surface area contributed by atoms with Crippen LogP contribution in [0, 0.1) is 6.92 Å². The van der Waals surface area contributed by atoms with Crippen LogP contribution in [0.25, 0.3) is 0 Å². The number of likely N-dealkylation sites (tertiary alicyclic amines) is 1. The summed E-state index contributed by atoms with van der Waals surface area (Å²) in [6.07, 6.45) is 3.13. The standard InChI is InChI=1S/C16H20N2O3/c1-11-10-12(19)2-3-13(11)15(21)18-8-6-16(7-9-18)5-4-14(20)17-16/h2-3,10,19H,4-9H2,1H3,(H,17,20). The first-order valence-corrected chi connectivity index (χ1v) is 7.39. The molecule has 5 nitrogen and oxygen atoms in total. The second kappa shape index (κ2) is 5.06. The van der Waals surface area contributed by atoms with Crippen LogP contribution in [0.3, 0.4) is 0 Å². The van der Waals surface area contributed by atoms with Crippen molar-refractivity contribution >= 4 is 11.8 Å². The van der Waals surface area contributed by atoms with Gasteiger partial charge in [-0.15, -0.1) is 0 Å². The van der Waals surface area contributed by atoms with Gasteiger partial charge in [0, 0.05) is 30.6 Å². The number of amides is 2. The Balaban J connectivity index is 1.69. The quantitative estimate of drug-likeness (QED) is 0.824. The third kappa shape index (κ3) is 2.60. The molecule has 1 aromatic carbocycles. The van der Waals surface area contributed by atoms with Gasteiger partial charge in [0.25, 0.3) is 5.91 Å². The van der Waals surface area contributed by atoms with Crippen LogP contribution in [0.5, 0.6) is 5.75 Å². The Kier molecular flexibility index (Phi) is 3.35. The van der Waals surface area contributed by atoms with Crippen molar-refractivity contribution in [2.45, 2.75) is 38.1 Å². The number of nitrogens with one attached hydrogen (secondary N) is 1. The number of phenols is 1. The van der Waals surface area contributed by atoms with Crippen LogP contribution < -0.4 is 5.32 Å². The second-order valence-electron chi connectivity index (χ2n) is 6.12. The summed E-state index contributed by atoms with van der Waals surface area (Å²) in [7, 11) is 0. The summed E-state index contributed by atoms with van der Waals surface area (Å²) >= 11 is 0. The van der Waals surface area contributed by atoms with Crippen molar-refractivity contribution < 1.29 is 14.7 Å². The van der Waals surface area contributed by atoms with Crippen molar-refractivity contribution in [3.63, 3.8) is 0 Å². The van der Waals surface area contributed by atoms with E-state index in [1.54, 1.807) is 18.2 Å². The lowest BCUT2D eigenvalue weighted by atomic mass is 9.86. The average Bonchev–Trinajstić information content (AvgIpc) is 2.80. The lowest BCUT2D eigenvalue weighted by Crippen LogP contribution is -2.52. The average molecular weight is 288 g/mol. The van der Waals surface area contributed by atoms with Crippen LogP contribution in [0.1, 0.15) is 41.6 Å². The van der Waals surface area contributed by atoms with E-state index in [2.05, 4.69) is 5.32 Å². The van der Waals surface area contributed by atoms with E-state index in [1.807, 2.05) is 11.8 Å². The summed E-state index contributed by atoms with van der Waals surface area (Å²) in [4.78, 5) is 25.8. The smallest absolute Gasteiger partial charge is 0.254 e. The van der Waals surface area contributed by atoms with Gasteiger partial charge in [0.2, 0.25) is 5.91 Å². The first kappa shape index (κ1) is 13.9. The molecule has 2 aliphatic rings. The molecule has 1 spiro atoms. The van der Waals surface area contributed by atoms with Gasteiger partial charge in [0.05, 0.1) is 0 Å². The molecule has 2 fully saturated rings. The van der Waals surface area contributed by atoms with Gasteiger partial charge in [-0.3, -0.25) is 9.59 Å². The fourth-order valence-corrected chi connectivity index (χ4v) is 3.34. The highest BCUT2D eigenvalue weighted by atomic mass is 16.3. The molecule has 0 bridgehead atoms. The first-order valence-electron chi connectivity index (χ1n) is 7.39. The summed E-state index contributed by atoms with van der Waals surface area (Å²) in [5.41, 5.74) is 1.34. The van der Waals surface area contributed by atoms with Crippen molar-refractivity contribution in [1.82, 2.24) is 10.2 Å². The molecule has 0 radical (unpaired) electrons. The minimum absolute atomic E-state index is 0.00618. The maximum atomic E-state index is 12.6. The molecule has 2 saturated heterocycles. The number of benzene rings is 1. The molecule has 0 atom stereocenters. The summed E-state index contributed by atoms with van der Waals surface area (Å²) in [6.45, 7) is 3.16. The highest BCUT2D eigenvalue weighted by molar-refractivity contribution is 5.96. The van der Waals surface area contributed by atoms with E-state index in [4.69, 9.17) is 0 Å². The zero-order valence-electron chi connectivity index (χ0n) is 12.2. The molecule has 5 heteroatoms. The van der Waals surface area contributed by atoms with Gasteiger partial charge < -0.3 is 15.3 Å². The molecular weight excluding hydrogens is 268 g/mol. The van der Waals surface area contributed by atoms with Gasteiger partial charge in [0.15, 0.2) is 0 Å². The predicted molar refractivity (Wildman–Crippen MR) is 78.1 cm³/mol. The Morgan fingerprint density at radius 1 is 1.29 bits per heavy atom. The van der Waals surface area contributed by atoms with Crippen LogP contribution in [0.2, 0.25) is 0 Å². The Bertz CT molecular complexity index is 589. The Labute approximate surface area is 123 Å². The number of piperidine rings is 1. The highest BCUT2D eigenvalue weighted by Gasteiger charge is 2.41. The molecule has 0 aromatic heterocycles. The maximum absolute atomic E-state index is 12.6. The molecule has 0 saturated carbocycles. The highest BCUT2D eigenvalue weighted by Crippen LogP contribution is 2.32. The normalized spacial score (nSPS) is 20.6. The van der Waals surface area contributed by atoms with E-state index in [9.17, 15) is 14.7 Å². The number of aromatic hydroxyl groups is 1. The molecule has 2 N–H and O–H groups in total. The number of hydrogen-bond donors (Lipinski definition) is 2. The van der Waals surface area contributed by atoms with Gasteiger partial charge in [0.1, 0.15) is 5.75 Å². The topological polar surface area (TPSA) is 69.6 Å². The van der Waals surface area contributed by atoms with Crippen molar-refractivity contribution in [3.05, 3.63) is 29.3 Å². The predicted octanol–water partition coefficient (Wildman–Crippen LogP) is 1.59. The van der Waals surface area contributed by atoms with E-state index in [0.717, 1.165) is 24.8 Å². The Hall–Kier alpha value is -2.04. The van der Waals surface area contributed by atoms with E-state index in [-0.39, 0.29) is 23.1 Å². The summed E-state index contributed by atoms with van der Waals surface area (Å²) in [5.74, 6) is 0.311. The molecule has 21 heavy (non-hydrogen) atoms. The number of nitrogens with zero attached hydrogens (tertiary/aromatic N) is 1. The molecule has 1 aromatic rings. The number of phenolic OH excluding ortho intramolecular Hbond substituents is 1. The minimum atomic E-state index is -0.0855. The van der Waals surface area contributed by atoms with Gasteiger partial charge in [-0.1, -0.05) is 0 Å². The van der Waals surface area contributed by atoms with E-state index in [1.165, 1.54) is 0 Å². The Morgan fingerprint density at radius 2 is 2.00 bits per heavy atom. The molecule has 0 unspecified atom stereocenters. The van der Waals surface area contributed by atoms with Gasteiger partial charge in [-0.05, 0) is 49.9 Å². The van der Waals surface area contributed by atoms with E-state index >= 15 is 0 Å². The molecule has 0 aliphatic carbocycles. The van der Waals surface area contributed by atoms with Crippen molar-refractivity contribution in [2.24, 2.45) is 0 Å². The van der Waals surface area contributed by atoms with Crippen LogP contribution in [0.4, 0.5) is 0 Å². The zero-order valence-corrected chi connectivity index (χ0v) is 12.2. The molecular formula is C16H20N2O3. The second-order valence-corrected chi connectivity index (χ2v) is 6.12. The van der Waals surface area contributed by atoms with Crippen LogP contribution in [-0.4, -0.2) is 40.4 Å². The van der Waals surface area contributed by atoms with Crippen molar-refractivity contribution in [1.29, 1.82) is 0 Å². The summed E-state index contributed by atoms with van der Waals surface area (Å²) in [6, 6.07) is 4.83. The number of carbonyl (C=O) groups excluding carboxylic acids is 2. The molecule has 2 amide bonds. The monoisotopic (exact) mass is 288 g/mol. The third-order valence-corrected chi connectivity index (χ3v) is 4.68. The fraction of sp³-hybridized carbons (Fsp3) is 0.500. The molecule has 112 valence electrons. The first-order chi connectivity index (χ1) is 9.99. The zero-order chi connectivity index (χ0) is 15.0. The number of rotatable bonds is 1. The van der Waals surface area contributed by atoms with Crippen LogP contribution in [0.15, 0.2) is 18.2 Å². The number of aryl methyl sites for hydroxylation is 1. The van der Waals surface area contributed by atoms with Crippen LogP contribution in [-0.2, 0) is 4.79 Å². The number of hydrogen-bond acceptors (Lipinski definition) is 3. The lowest BCUT2D eigenvalue weighted by Gasteiger charge is -2.39. The van der Waals surface area contributed by atoms with Gasteiger partial charge in [-0.2, -0.15) is 0 Å². The minimum Gasteiger partial charge on any atom is -0.508 e. The maximum Gasteiger partial charge on any atom is 0.254 e. The third-order valence-electron chi connectivity index (χ3n) is 4.68.